The number of rotatable bonds is 9. The highest BCUT2D eigenvalue weighted by molar-refractivity contribution is 7.99. The molecule has 0 N–H and O–H groups in total. The molecule has 5 rings (SSSR count). The van der Waals surface area contributed by atoms with Gasteiger partial charge in [0.05, 0.1) is 0 Å². The SMILES string of the molecule is CC1=C(C2=C(C)C=CCC2)CCC=C1.C\C=C/C(C)=C(CC)/C(CC)=C(C)/C=C\C.Cc1ccc(Sc2ccc(-c3ccc(C)cc3)cc2)cc1. The van der Waals surface area contributed by atoms with Crippen molar-refractivity contribution in [2.75, 3.05) is 0 Å². The lowest BCUT2D eigenvalue weighted by Gasteiger charge is -2.20. The van der Waals surface area contributed by atoms with Crippen molar-refractivity contribution in [3.8, 4) is 11.1 Å². The van der Waals surface area contributed by atoms with Gasteiger partial charge < -0.3 is 0 Å². The van der Waals surface area contributed by atoms with Gasteiger partial charge in [-0.3, -0.25) is 0 Å². The Bertz CT molecular complexity index is 1720. The van der Waals surface area contributed by atoms with E-state index in [0.29, 0.717) is 0 Å². The van der Waals surface area contributed by atoms with Crippen LogP contribution in [0.15, 0.2) is 176 Å². The predicted molar refractivity (Wildman–Crippen MR) is 230 cm³/mol. The monoisotopic (exact) mass is 694 g/mol. The molecule has 0 saturated carbocycles. The summed E-state index contributed by atoms with van der Waals surface area (Å²) in [7, 11) is 0. The normalized spacial score (nSPS) is 15.3. The lowest BCUT2D eigenvalue weighted by atomic mass is 9.85. The third-order valence-corrected chi connectivity index (χ3v) is 10.5. The summed E-state index contributed by atoms with van der Waals surface area (Å²) >= 11 is 1.80. The van der Waals surface area contributed by atoms with Crippen molar-refractivity contribution in [2.45, 2.75) is 118 Å². The van der Waals surface area contributed by atoms with E-state index in [9.17, 15) is 0 Å². The van der Waals surface area contributed by atoms with E-state index in [1.165, 1.54) is 91.2 Å². The second-order valence-corrected chi connectivity index (χ2v) is 14.7. The van der Waals surface area contributed by atoms with E-state index in [4.69, 9.17) is 0 Å². The molecular formula is C50H62S. The van der Waals surface area contributed by atoms with Crippen LogP contribution in [-0.4, -0.2) is 0 Å². The number of hydrogen-bond donors (Lipinski definition) is 0. The molecule has 3 aromatic carbocycles. The maximum Gasteiger partial charge on any atom is 0.0122 e. The largest absolute Gasteiger partial charge is 0.0901 e. The van der Waals surface area contributed by atoms with Gasteiger partial charge in [-0.2, -0.15) is 0 Å². The van der Waals surface area contributed by atoms with Gasteiger partial charge >= 0.3 is 0 Å². The summed E-state index contributed by atoms with van der Waals surface area (Å²) in [5.74, 6) is 0. The Morgan fingerprint density at radius 2 is 0.902 bits per heavy atom. The van der Waals surface area contributed by atoms with E-state index in [2.05, 4.69) is 191 Å². The van der Waals surface area contributed by atoms with Crippen LogP contribution in [-0.2, 0) is 0 Å². The van der Waals surface area contributed by atoms with Gasteiger partial charge in [0.15, 0.2) is 0 Å². The quantitative estimate of drug-likeness (QED) is 0.201. The van der Waals surface area contributed by atoms with Gasteiger partial charge in [-0.05, 0) is 174 Å². The summed E-state index contributed by atoms with van der Waals surface area (Å²) in [6.07, 6.45) is 24.9. The first kappa shape index (κ1) is 41.4. The molecule has 2 aliphatic carbocycles. The Hall–Kier alpha value is -4.07. The summed E-state index contributed by atoms with van der Waals surface area (Å²) in [4.78, 5) is 2.55. The molecule has 1 heteroatoms. The minimum atomic E-state index is 1.11. The lowest BCUT2D eigenvalue weighted by molar-refractivity contribution is 0.872. The summed E-state index contributed by atoms with van der Waals surface area (Å²) in [6, 6.07) is 26.1. The summed E-state index contributed by atoms with van der Waals surface area (Å²) in [5, 5.41) is 0. The molecule has 2 aliphatic rings. The number of allylic oxidation sites excluding steroid dienone is 16. The van der Waals surface area contributed by atoms with Gasteiger partial charge in [0.2, 0.25) is 0 Å². The standard InChI is InChI=1S/C20H18S.C16H26.C14H18/c1-15-3-7-17(8-4-15)18-9-13-20(14-10-18)21-19-11-5-16(2)6-12-19;1-7-11-13(5)15(9-3)16(10-4)14(6)12-8-2;1-11-7-3-5-9-13(11)14-10-6-4-8-12(14)2/h3-14H,1-2H3;7-8,11-12H,9-10H2,1-6H3;3-4,7-8H,5-6,9-10H2,1-2H3/b;11-7-,12-8-,15-13+,16-14+;. The third kappa shape index (κ3) is 13.2. The average molecular weight is 695 g/mol. The Labute approximate surface area is 316 Å². The number of hydrogen-bond acceptors (Lipinski definition) is 1. The lowest BCUT2D eigenvalue weighted by Crippen LogP contribution is -2.01. The van der Waals surface area contributed by atoms with Crippen LogP contribution >= 0.6 is 11.8 Å². The van der Waals surface area contributed by atoms with Gasteiger partial charge in [-0.1, -0.05) is 134 Å². The van der Waals surface area contributed by atoms with Crippen LogP contribution < -0.4 is 0 Å². The maximum absolute atomic E-state index is 2.29. The number of benzene rings is 3. The second-order valence-electron chi connectivity index (χ2n) is 13.5. The fraction of sp³-hybridized carbons (Fsp3) is 0.320. The molecular weight excluding hydrogens is 633 g/mol. The van der Waals surface area contributed by atoms with Gasteiger partial charge in [0.1, 0.15) is 0 Å². The molecule has 0 spiro atoms. The molecule has 0 unspecified atom stereocenters. The average Bonchev–Trinajstić information content (AvgIpc) is 3.13. The molecule has 0 radical (unpaired) electrons. The van der Waals surface area contributed by atoms with Crippen LogP contribution in [0, 0.1) is 13.8 Å². The summed E-state index contributed by atoms with van der Waals surface area (Å²) in [5.41, 5.74) is 17.1. The van der Waals surface area contributed by atoms with E-state index in [0.717, 1.165) is 12.8 Å². The Balaban J connectivity index is 0.000000212. The van der Waals surface area contributed by atoms with Crippen LogP contribution in [0.2, 0.25) is 0 Å². The van der Waals surface area contributed by atoms with E-state index in [1.54, 1.807) is 22.9 Å². The van der Waals surface area contributed by atoms with Crippen LogP contribution in [0.1, 0.15) is 105 Å². The Morgan fingerprint density at radius 1 is 0.549 bits per heavy atom. The minimum absolute atomic E-state index is 1.11. The fourth-order valence-corrected chi connectivity index (χ4v) is 7.53. The molecule has 0 heterocycles. The second kappa shape index (κ2) is 22.0. The zero-order chi connectivity index (χ0) is 37.2. The van der Waals surface area contributed by atoms with Gasteiger partial charge in [0, 0.05) is 9.79 Å². The molecule has 268 valence electrons. The van der Waals surface area contributed by atoms with Gasteiger partial charge in [-0.25, -0.2) is 0 Å². The molecule has 3 aromatic rings. The first-order valence-corrected chi connectivity index (χ1v) is 19.7. The van der Waals surface area contributed by atoms with Crippen LogP contribution in [0.5, 0.6) is 0 Å². The van der Waals surface area contributed by atoms with Crippen molar-refractivity contribution >= 4 is 11.8 Å². The van der Waals surface area contributed by atoms with Gasteiger partial charge in [-0.15, -0.1) is 0 Å². The Morgan fingerprint density at radius 3 is 1.25 bits per heavy atom. The van der Waals surface area contributed by atoms with E-state index >= 15 is 0 Å². The molecule has 0 nitrogen and oxygen atoms in total. The van der Waals surface area contributed by atoms with Crippen LogP contribution in [0.3, 0.4) is 0 Å². The molecule has 0 atom stereocenters. The molecule has 0 aliphatic heterocycles. The van der Waals surface area contributed by atoms with Crippen molar-refractivity contribution in [3.05, 3.63) is 177 Å². The van der Waals surface area contributed by atoms with Crippen molar-refractivity contribution in [2.24, 2.45) is 0 Å². The van der Waals surface area contributed by atoms with Crippen LogP contribution in [0.4, 0.5) is 0 Å². The number of aryl methyl sites for hydroxylation is 2. The topological polar surface area (TPSA) is 0 Å². The molecule has 0 aromatic heterocycles. The van der Waals surface area contributed by atoms with Crippen LogP contribution in [0.25, 0.3) is 11.1 Å². The van der Waals surface area contributed by atoms with E-state index in [-0.39, 0.29) is 0 Å². The highest BCUT2D eigenvalue weighted by atomic mass is 32.2. The summed E-state index contributed by atoms with van der Waals surface area (Å²) in [6.45, 7) is 21.7. The minimum Gasteiger partial charge on any atom is -0.0901 e. The van der Waals surface area contributed by atoms with E-state index < -0.39 is 0 Å². The molecule has 0 bridgehead atoms. The zero-order valence-corrected chi connectivity index (χ0v) is 34.0. The summed E-state index contributed by atoms with van der Waals surface area (Å²) < 4.78 is 0. The van der Waals surface area contributed by atoms with Crippen molar-refractivity contribution in [1.82, 2.24) is 0 Å². The predicted octanol–water partition coefficient (Wildman–Crippen LogP) is 16.0. The highest BCUT2D eigenvalue weighted by Crippen LogP contribution is 2.33. The van der Waals surface area contributed by atoms with Gasteiger partial charge in [0.25, 0.3) is 0 Å². The smallest absolute Gasteiger partial charge is 0.0122 e. The molecule has 0 fully saturated rings. The van der Waals surface area contributed by atoms with Crippen molar-refractivity contribution in [3.63, 3.8) is 0 Å². The molecule has 51 heavy (non-hydrogen) atoms. The third-order valence-electron chi connectivity index (χ3n) is 9.53. The molecule has 0 saturated heterocycles. The maximum atomic E-state index is 2.29. The first-order valence-electron chi connectivity index (χ1n) is 18.9. The molecule has 0 amide bonds. The van der Waals surface area contributed by atoms with Crippen molar-refractivity contribution in [1.29, 1.82) is 0 Å². The fourth-order valence-electron chi connectivity index (χ4n) is 6.71. The zero-order valence-electron chi connectivity index (χ0n) is 33.2. The highest BCUT2D eigenvalue weighted by Gasteiger charge is 2.13. The van der Waals surface area contributed by atoms with E-state index in [1.807, 2.05) is 0 Å². The van der Waals surface area contributed by atoms with Crippen molar-refractivity contribution < 1.29 is 0 Å². The Kier molecular flexibility index (Phi) is 17.8. The first-order chi connectivity index (χ1) is 24.6.